The van der Waals surface area contributed by atoms with Gasteiger partial charge < -0.3 is 5.32 Å². The Morgan fingerprint density at radius 3 is 2.70 bits per heavy atom. The lowest BCUT2D eigenvalue weighted by Gasteiger charge is -2.32. The van der Waals surface area contributed by atoms with Gasteiger partial charge in [0.1, 0.15) is 0 Å². The second kappa shape index (κ2) is 6.69. The lowest BCUT2D eigenvalue weighted by Crippen LogP contribution is -2.35. The molecule has 1 aliphatic rings. The van der Waals surface area contributed by atoms with Gasteiger partial charge in [-0.3, -0.25) is 9.78 Å². The van der Waals surface area contributed by atoms with Gasteiger partial charge in [0, 0.05) is 10.8 Å². The number of aromatic nitrogens is 1. The summed E-state index contributed by atoms with van der Waals surface area (Å²) in [5.41, 5.74) is 2.66. The molecular weight excluding hydrogens is 284 g/mol. The molecule has 0 unspecified atom stereocenters. The molecule has 3 heteroatoms. The number of benzene rings is 1. The van der Waals surface area contributed by atoms with Gasteiger partial charge in [-0.25, -0.2) is 0 Å². The first-order valence-electron chi connectivity index (χ1n) is 8.82. The van der Waals surface area contributed by atoms with Crippen LogP contribution in [-0.4, -0.2) is 10.9 Å². The minimum absolute atomic E-state index is 0.159. The fourth-order valence-electron chi connectivity index (χ4n) is 3.52. The first-order valence-corrected chi connectivity index (χ1v) is 8.82. The molecule has 1 aromatic carbocycles. The molecule has 0 aliphatic heterocycles. The zero-order chi connectivity index (χ0) is 16.3. The number of aryl methyl sites for hydroxylation is 1. The largest absolute Gasteiger partial charge is 0.324 e. The van der Waals surface area contributed by atoms with Crippen molar-refractivity contribution in [2.45, 2.75) is 58.8 Å². The molecule has 0 bridgehead atoms. The molecular formula is C20H26N2O. The van der Waals surface area contributed by atoms with Gasteiger partial charge in [0.15, 0.2) is 0 Å². The van der Waals surface area contributed by atoms with Gasteiger partial charge >= 0.3 is 0 Å². The third kappa shape index (κ3) is 3.39. The predicted octanol–water partition coefficient (Wildman–Crippen LogP) is 5.10. The molecule has 1 N–H and O–H groups in total. The highest BCUT2D eigenvalue weighted by atomic mass is 16.2. The van der Waals surface area contributed by atoms with Crippen molar-refractivity contribution in [1.82, 2.24) is 4.98 Å². The van der Waals surface area contributed by atoms with Crippen molar-refractivity contribution in [2.24, 2.45) is 5.41 Å². The minimum atomic E-state index is -0.229. The summed E-state index contributed by atoms with van der Waals surface area (Å²) >= 11 is 0. The van der Waals surface area contributed by atoms with Crippen LogP contribution in [0.5, 0.6) is 0 Å². The lowest BCUT2D eigenvalue weighted by molar-refractivity contribution is -0.126. The monoisotopic (exact) mass is 310 g/mol. The number of carbonyl (C=O) groups excluding carboxylic acids is 1. The number of fused-ring (bicyclic) bond motifs is 1. The first kappa shape index (κ1) is 16.0. The molecule has 3 rings (SSSR count). The minimum Gasteiger partial charge on any atom is -0.324 e. The molecule has 3 nitrogen and oxygen atoms in total. The molecule has 1 aromatic heterocycles. The number of anilines is 1. The maximum Gasteiger partial charge on any atom is 0.230 e. The van der Waals surface area contributed by atoms with E-state index in [-0.39, 0.29) is 11.3 Å². The van der Waals surface area contributed by atoms with Crippen molar-refractivity contribution < 1.29 is 4.79 Å². The zero-order valence-corrected chi connectivity index (χ0v) is 14.2. The Balaban J connectivity index is 1.91. The Labute approximate surface area is 138 Å². The Morgan fingerprint density at radius 2 is 1.96 bits per heavy atom. The molecule has 1 fully saturated rings. The van der Waals surface area contributed by atoms with E-state index in [1.54, 1.807) is 0 Å². The summed E-state index contributed by atoms with van der Waals surface area (Å²) in [4.78, 5) is 17.6. The number of hydrogen-bond acceptors (Lipinski definition) is 2. The molecule has 2 aromatic rings. The van der Waals surface area contributed by atoms with E-state index < -0.39 is 0 Å². The highest BCUT2D eigenvalue weighted by molar-refractivity contribution is 5.97. The molecule has 122 valence electrons. The number of nitrogens with zero attached hydrogens (tertiary/aromatic N) is 1. The summed E-state index contributed by atoms with van der Waals surface area (Å²) in [6.07, 6.45) is 7.44. The fourth-order valence-corrected chi connectivity index (χ4v) is 3.52. The van der Waals surface area contributed by atoms with E-state index in [2.05, 4.69) is 31.3 Å². The van der Waals surface area contributed by atoms with E-state index in [0.717, 1.165) is 60.8 Å². The van der Waals surface area contributed by atoms with Crippen molar-refractivity contribution in [3.63, 3.8) is 0 Å². The van der Waals surface area contributed by atoms with Crippen LogP contribution >= 0.6 is 0 Å². The summed E-state index contributed by atoms with van der Waals surface area (Å²) in [5, 5.41) is 4.28. The fraction of sp³-hybridized carbons (Fsp3) is 0.500. The topological polar surface area (TPSA) is 42.0 Å². The lowest BCUT2D eigenvalue weighted by atomic mass is 9.75. The van der Waals surface area contributed by atoms with Gasteiger partial charge in [-0.05, 0) is 31.4 Å². The zero-order valence-electron chi connectivity index (χ0n) is 14.2. The van der Waals surface area contributed by atoms with E-state index >= 15 is 0 Å². The molecule has 0 radical (unpaired) electrons. The van der Waals surface area contributed by atoms with E-state index in [1.807, 2.05) is 18.2 Å². The van der Waals surface area contributed by atoms with Crippen molar-refractivity contribution in [2.75, 3.05) is 5.32 Å². The molecule has 23 heavy (non-hydrogen) atoms. The van der Waals surface area contributed by atoms with E-state index in [0.29, 0.717) is 0 Å². The second-order valence-electron chi connectivity index (χ2n) is 7.00. The van der Waals surface area contributed by atoms with Crippen LogP contribution in [0.1, 0.15) is 58.1 Å². The number of para-hydroxylation sites is 1. The first-order chi connectivity index (χ1) is 11.1. The maximum atomic E-state index is 12.8. The van der Waals surface area contributed by atoms with Crippen LogP contribution in [0.4, 0.5) is 5.69 Å². The summed E-state index contributed by atoms with van der Waals surface area (Å²) in [6, 6.07) is 10.2. The SMILES string of the molecule is CCCc1nc2ccccc2cc1NC(=O)C1(C)CCCCC1. The number of amides is 1. The van der Waals surface area contributed by atoms with Crippen LogP contribution in [-0.2, 0) is 11.2 Å². The summed E-state index contributed by atoms with van der Waals surface area (Å²) in [7, 11) is 0. The van der Waals surface area contributed by atoms with Crippen molar-refractivity contribution in [3.05, 3.63) is 36.0 Å². The quantitative estimate of drug-likeness (QED) is 0.854. The average molecular weight is 310 g/mol. The molecule has 1 aliphatic carbocycles. The predicted molar refractivity (Wildman–Crippen MR) is 95.6 cm³/mol. The molecule has 1 amide bonds. The van der Waals surface area contributed by atoms with Crippen LogP contribution in [0.15, 0.2) is 30.3 Å². The van der Waals surface area contributed by atoms with Crippen LogP contribution in [0.25, 0.3) is 10.9 Å². The van der Waals surface area contributed by atoms with Crippen LogP contribution in [0, 0.1) is 5.41 Å². The Hall–Kier alpha value is -1.90. The third-order valence-corrected chi connectivity index (χ3v) is 5.04. The second-order valence-corrected chi connectivity index (χ2v) is 7.00. The van der Waals surface area contributed by atoms with Gasteiger partial charge in [-0.2, -0.15) is 0 Å². The van der Waals surface area contributed by atoms with E-state index in [4.69, 9.17) is 4.98 Å². The summed E-state index contributed by atoms with van der Waals surface area (Å²) < 4.78 is 0. The van der Waals surface area contributed by atoms with Crippen molar-refractivity contribution >= 4 is 22.5 Å². The molecule has 0 saturated heterocycles. The average Bonchev–Trinajstić information content (AvgIpc) is 2.56. The summed E-state index contributed by atoms with van der Waals surface area (Å²) in [5.74, 6) is 0.159. The molecule has 0 atom stereocenters. The van der Waals surface area contributed by atoms with Gasteiger partial charge in [-0.1, -0.05) is 57.7 Å². The van der Waals surface area contributed by atoms with Gasteiger partial charge in [0.2, 0.25) is 5.91 Å². The Kier molecular flexibility index (Phi) is 4.65. The Morgan fingerprint density at radius 1 is 1.22 bits per heavy atom. The van der Waals surface area contributed by atoms with E-state index in [9.17, 15) is 4.79 Å². The van der Waals surface area contributed by atoms with E-state index in [1.165, 1.54) is 6.42 Å². The van der Waals surface area contributed by atoms with Crippen molar-refractivity contribution in [3.8, 4) is 0 Å². The van der Waals surface area contributed by atoms with Crippen molar-refractivity contribution in [1.29, 1.82) is 0 Å². The Bertz CT molecular complexity index is 702. The number of carbonyl (C=O) groups is 1. The van der Waals surface area contributed by atoms with Crippen LogP contribution in [0.2, 0.25) is 0 Å². The third-order valence-electron chi connectivity index (χ3n) is 5.04. The number of rotatable bonds is 4. The number of pyridine rings is 1. The molecule has 1 saturated carbocycles. The standard InChI is InChI=1S/C20H26N2O/c1-3-9-17-18(14-15-10-5-6-11-16(15)21-17)22-19(23)20(2)12-7-4-8-13-20/h5-6,10-11,14H,3-4,7-9,12-13H2,1-2H3,(H,22,23). The molecule has 1 heterocycles. The summed E-state index contributed by atoms with van der Waals surface area (Å²) in [6.45, 7) is 4.25. The van der Waals surface area contributed by atoms with Gasteiger partial charge in [0.05, 0.1) is 16.9 Å². The normalized spacial score (nSPS) is 17.1. The highest BCUT2D eigenvalue weighted by Crippen LogP contribution is 2.37. The highest BCUT2D eigenvalue weighted by Gasteiger charge is 2.34. The van der Waals surface area contributed by atoms with Crippen LogP contribution in [0.3, 0.4) is 0 Å². The number of hydrogen-bond donors (Lipinski definition) is 1. The van der Waals surface area contributed by atoms with Gasteiger partial charge in [0.25, 0.3) is 0 Å². The van der Waals surface area contributed by atoms with Crippen LogP contribution < -0.4 is 5.32 Å². The molecule has 0 spiro atoms. The number of nitrogens with one attached hydrogen (secondary N) is 1. The van der Waals surface area contributed by atoms with Gasteiger partial charge in [-0.15, -0.1) is 0 Å². The smallest absolute Gasteiger partial charge is 0.230 e. The maximum absolute atomic E-state index is 12.8.